The molecule has 1 heterocycles. The predicted molar refractivity (Wildman–Crippen MR) is 83.6 cm³/mol. The van der Waals surface area contributed by atoms with Gasteiger partial charge in [-0.2, -0.15) is 26.3 Å². The minimum absolute atomic E-state index is 0.0968. The van der Waals surface area contributed by atoms with Gasteiger partial charge in [0, 0.05) is 19.6 Å². The lowest BCUT2D eigenvalue weighted by Gasteiger charge is -2.33. The van der Waals surface area contributed by atoms with Crippen molar-refractivity contribution in [1.82, 2.24) is 10.2 Å². The lowest BCUT2D eigenvalue weighted by molar-refractivity contribution is -0.334. The molecule has 1 aliphatic rings. The maximum absolute atomic E-state index is 13.0. The average Bonchev–Trinajstić information content (AvgIpc) is 3.02. The molecule has 0 radical (unpaired) electrons. The van der Waals surface area contributed by atoms with Gasteiger partial charge in [-0.1, -0.05) is 37.3 Å². The van der Waals surface area contributed by atoms with Crippen LogP contribution in [0.4, 0.5) is 31.1 Å². The summed E-state index contributed by atoms with van der Waals surface area (Å²) in [6.07, 6.45) is -11.6. The van der Waals surface area contributed by atoms with Crippen molar-refractivity contribution in [3.8, 4) is 0 Å². The van der Waals surface area contributed by atoms with Crippen molar-refractivity contribution in [1.29, 1.82) is 0 Å². The standard InChI is InChI=1S/C17H20F6N2O/c1-12(13-5-3-2-4-6-13)7-9-24-14(26)25-10-8-15(11-25,16(18,19)20)17(21,22)23/h2-6,12H,7-11H2,1H3,(H,24,26). The van der Waals surface area contributed by atoms with Gasteiger partial charge >= 0.3 is 18.4 Å². The zero-order chi connectivity index (χ0) is 19.6. The highest BCUT2D eigenvalue weighted by molar-refractivity contribution is 5.74. The number of benzene rings is 1. The van der Waals surface area contributed by atoms with E-state index in [9.17, 15) is 31.1 Å². The van der Waals surface area contributed by atoms with E-state index in [2.05, 4.69) is 5.32 Å². The van der Waals surface area contributed by atoms with Crippen LogP contribution in [-0.4, -0.2) is 42.9 Å². The summed E-state index contributed by atoms with van der Waals surface area (Å²) in [5, 5.41) is 2.42. The Bertz CT molecular complexity index is 600. The van der Waals surface area contributed by atoms with Gasteiger partial charge in [0.1, 0.15) is 0 Å². The first-order valence-electron chi connectivity index (χ1n) is 8.19. The fraction of sp³-hybridized carbons (Fsp3) is 0.588. The van der Waals surface area contributed by atoms with E-state index in [1.165, 1.54) is 0 Å². The van der Waals surface area contributed by atoms with Crippen LogP contribution in [0.2, 0.25) is 0 Å². The van der Waals surface area contributed by atoms with Crippen molar-refractivity contribution in [3.63, 3.8) is 0 Å². The highest BCUT2D eigenvalue weighted by Crippen LogP contribution is 2.55. The molecule has 2 rings (SSSR count). The Kier molecular flexibility index (Phi) is 5.77. The van der Waals surface area contributed by atoms with Crippen LogP contribution >= 0.6 is 0 Å². The van der Waals surface area contributed by atoms with Gasteiger partial charge in [0.05, 0.1) is 0 Å². The highest BCUT2D eigenvalue weighted by Gasteiger charge is 2.72. The minimum atomic E-state index is -5.46. The van der Waals surface area contributed by atoms with Gasteiger partial charge < -0.3 is 10.2 Å². The van der Waals surface area contributed by atoms with E-state index in [4.69, 9.17) is 0 Å². The zero-order valence-corrected chi connectivity index (χ0v) is 14.1. The summed E-state index contributed by atoms with van der Waals surface area (Å²) in [6.45, 7) is 0.102. The summed E-state index contributed by atoms with van der Waals surface area (Å²) in [4.78, 5) is 12.6. The summed E-state index contributed by atoms with van der Waals surface area (Å²) in [5.74, 6) is 0.0968. The largest absolute Gasteiger partial charge is 0.404 e. The Balaban J connectivity index is 1.91. The normalized spacial score (nSPS) is 18.7. The van der Waals surface area contributed by atoms with Crippen LogP contribution in [-0.2, 0) is 0 Å². The van der Waals surface area contributed by atoms with Gasteiger partial charge in [0.25, 0.3) is 0 Å². The minimum Gasteiger partial charge on any atom is -0.338 e. The SMILES string of the molecule is CC(CCNC(=O)N1CCC(C(F)(F)F)(C(F)(F)F)C1)c1ccccc1. The molecule has 1 N–H and O–H groups in total. The van der Waals surface area contributed by atoms with Crippen LogP contribution in [0.5, 0.6) is 0 Å². The molecule has 1 aromatic rings. The van der Waals surface area contributed by atoms with Crippen molar-refractivity contribution in [2.24, 2.45) is 5.41 Å². The summed E-state index contributed by atoms with van der Waals surface area (Å²) in [6, 6.07) is 8.51. The van der Waals surface area contributed by atoms with Crippen LogP contribution in [0.15, 0.2) is 30.3 Å². The molecule has 146 valence electrons. The molecule has 1 atom stereocenters. The molecule has 0 saturated carbocycles. The second-order valence-corrected chi connectivity index (χ2v) is 6.58. The number of likely N-dealkylation sites (tertiary alicyclic amines) is 1. The van der Waals surface area contributed by atoms with E-state index >= 15 is 0 Å². The summed E-state index contributed by atoms with van der Waals surface area (Å²) in [7, 11) is 0. The molecule has 9 heteroatoms. The molecule has 0 spiro atoms. The number of hydrogen-bond donors (Lipinski definition) is 1. The van der Waals surface area contributed by atoms with Gasteiger partial charge in [-0.3, -0.25) is 0 Å². The molecule has 1 fully saturated rings. The molecule has 0 aromatic heterocycles. The van der Waals surface area contributed by atoms with Crippen LogP contribution in [0.3, 0.4) is 0 Å². The third-order valence-electron chi connectivity index (χ3n) is 4.86. The Hall–Kier alpha value is -1.93. The number of nitrogens with one attached hydrogen (secondary N) is 1. The monoisotopic (exact) mass is 382 g/mol. The van der Waals surface area contributed by atoms with Crippen LogP contribution in [0, 0.1) is 5.41 Å². The molecule has 1 aliphatic heterocycles. The van der Waals surface area contributed by atoms with Gasteiger partial charge in [0.15, 0.2) is 5.41 Å². The third kappa shape index (κ3) is 4.07. The third-order valence-corrected chi connectivity index (χ3v) is 4.86. The fourth-order valence-electron chi connectivity index (χ4n) is 3.06. The Morgan fingerprint density at radius 3 is 2.23 bits per heavy atom. The second kappa shape index (κ2) is 7.36. The number of rotatable bonds is 4. The quantitative estimate of drug-likeness (QED) is 0.752. The second-order valence-electron chi connectivity index (χ2n) is 6.58. The molecule has 0 aliphatic carbocycles. The lowest BCUT2D eigenvalue weighted by Crippen LogP contribution is -2.52. The van der Waals surface area contributed by atoms with Gasteiger partial charge in [-0.25, -0.2) is 4.79 Å². The first-order valence-corrected chi connectivity index (χ1v) is 8.19. The first-order chi connectivity index (χ1) is 12.0. The molecule has 1 saturated heterocycles. The Morgan fingerprint density at radius 1 is 1.15 bits per heavy atom. The van der Waals surface area contributed by atoms with E-state index in [0.717, 1.165) is 5.56 Å². The molecule has 1 aromatic carbocycles. The van der Waals surface area contributed by atoms with E-state index in [1.54, 1.807) is 0 Å². The molecule has 26 heavy (non-hydrogen) atoms. The summed E-state index contributed by atoms with van der Waals surface area (Å²) < 4.78 is 78.1. The number of halogens is 6. The van der Waals surface area contributed by atoms with Crippen molar-refractivity contribution in [2.75, 3.05) is 19.6 Å². The fourth-order valence-corrected chi connectivity index (χ4v) is 3.06. The van der Waals surface area contributed by atoms with E-state index in [0.29, 0.717) is 11.3 Å². The summed E-state index contributed by atoms with van der Waals surface area (Å²) >= 11 is 0. The maximum Gasteiger partial charge on any atom is 0.404 e. The molecular weight excluding hydrogens is 362 g/mol. The van der Waals surface area contributed by atoms with Crippen LogP contribution in [0.25, 0.3) is 0 Å². The molecule has 3 nitrogen and oxygen atoms in total. The number of urea groups is 1. The van der Waals surface area contributed by atoms with Crippen LogP contribution in [0.1, 0.15) is 31.2 Å². The van der Waals surface area contributed by atoms with Crippen molar-refractivity contribution >= 4 is 6.03 Å². The van der Waals surface area contributed by atoms with Gasteiger partial charge in [0.2, 0.25) is 0 Å². The van der Waals surface area contributed by atoms with E-state index in [-0.39, 0.29) is 12.5 Å². The van der Waals surface area contributed by atoms with Crippen LogP contribution < -0.4 is 5.32 Å². The Morgan fingerprint density at radius 2 is 1.73 bits per heavy atom. The molecule has 2 amide bonds. The number of hydrogen-bond acceptors (Lipinski definition) is 1. The van der Waals surface area contributed by atoms with E-state index in [1.807, 2.05) is 37.3 Å². The number of nitrogens with zero attached hydrogens (tertiary/aromatic N) is 1. The molecule has 0 bridgehead atoms. The number of carbonyl (C=O) groups excluding carboxylic acids is 1. The highest BCUT2D eigenvalue weighted by atomic mass is 19.4. The summed E-state index contributed by atoms with van der Waals surface area (Å²) in [5.41, 5.74) is -2.81. The smallest absolute Gasteiger partial charge is 0.338 e. The number of carbonyl (C=O) groups is 1. The van der Waals surface area contributed by atoms with Crippen molar-refractivity contribution in [2.45, 2.75) is 38.0 Å². The van der Waals surface area contributed by atoms with Crippen molar-refractivity contribution in [3.05, 3.63) is 35.9 Å². The topological polar surface area (TPSA) is 32.3 Å². The van der Waals surface area contributed by atoms with Gasteiger partial charge in [-0.05, 0) is 24.3 Å². The maximum atomic E-state index is 13.0. The van der Waals surface area contributed by atoms with E-state index < -0.39 is 43.3 Å². The first kappa shape index (κ1) is 20.4. The zero-order valence-electron chi connectivity index (χ0n) is 14.1. The lowest BCUT2D eigenvalue weighted by atomic mass is 9.85. The molecule has 1 unspecified atom stereocenters. The molecular formula is C17H20F6N2O. The number of amides is 2. The number of alkyl halides is 6. The predicted octanol–water partition coefficient (Wildman–Crippen LogP) is 4.71. The Labute approximate surface area is 147 Å². The van der Waals surface area contributed by atoms with Gasteiger partial charge in [-0.15, -0.1) is 0 Å². The average molecular weight is 382 g/mol. The van der Waals surface area contributed by atoms with Crippen molar-refractivity contribution < 1.29 is 31.1 Å².